The molecule has 0 spiro atoms. The summed E-state index contributed by atoms with van der Waals surface area (Å²) >= 11 is 0. The summed E-state index contributed by atoms with van der Waals surface area (Å²) in [6, 6.07) is 16.4. The third-order valence-corrected chi connectivity index (χ3v) is 4.59. The summed E-state index contributed by atoms with van der Waals surface area (Å²) in [5.41, 5.74) is 2.84. The van der Waals surface area contributed by atoms with Gasteiger partial charge in [-0.05, 0) is 44.9 Å². The largest absolute Gasteiger partial charge is 0.484 e. The van der Waals surface area contributed by atoms with Crippen LogP contribution in [0.25, 0.3) is 0 Å². The number of nitrogens with one attached hydrogen (secondary N) is 1. The quantitative estimate of drug-likeness (QED) is 0.909. The molecule has 0 saturated carbocycles. The Bertz CT molecular complexity index is 667. The van der Waals surface area contributed by atoms with E-state index in [2.05, 4.69) is 29.6 Å². The first-order valence-electron chi connectivity index (χ1n) is 8.23. The van der Waals surface area contributed by atoms with Gasteiger partial charge in [-0.1, -0.05) is 48.5 Å². The molecule has 2 N–H and O–H groups in total. The second kappa shape index (κ2) is 6.34. The van der Waals surface area contributed by atoms with Crippen molar-refractivity contribution in [1.29, 1.82) is 0 Å². The summed E-state index contributed by atoms with van der Waals surface area (Å²) < 4.78 is 6.07. The van der Waals surface area contributed by atoms with E-state index in [-0.39, 0.29) is 6.04 Å². The average molecular weight is 311 g/mol. The van der Waals surface area contributed by atoms with Crippen molar-refractivity contribution < 1.29 is 9.84 Å². The number of aliphatic hydroxyl groups is 1. The molecule has 2 atom stereocenters. The van der Waals surface area contributed by atoms with Crippen molar-refractivity contribution in [2.24, 2.45) is 0 Å². The van der Waals surface area contributed by atoms with E-state index in [1.54, 1.807) is 0 Å². The summed E-state index contributed by atoms with van der Waals surface area (Å²) in [6.07, 6.45) is 0.347. The van der Waals surface area contributed by atoms with Crippen LogP contribution in [-0.2, 0) is 6.42 Å². The Balaban J connectivity index is 1.79. The van der Waals surface area contributed by atoms with Crippen LogP contribution >= 0.6 is 0 Å². The van der Waals surface area contributed by atoms with E-state index < -0.39 is 11.7 Å². The Morgan fingerprint density at radius 3 is 2.57 bits per heavy atom. The first-order chi connectivity index (χ1) is 11.0. The van der Waals surface area contributed by atoms with Crippen LogP contribution < -0.4 is 10.1 Å². The van der Waals surface area contributed by atoms with Crippen molar-refractivity contribution >= 4 is 0 Å². The molecule has 1 aliphatic heterocycles. The second-order valence-electron chi connectivity index (χ2n) is 6.81. The lowest BCUT2D eigenvalue weighted by molar-refractivity contribution is -0.0647. The fraction of sp³-hybridized carbons (Fsp3) is 0.400. The molecule has 0 fully saturated rings. The zero-order valence-corrected chi connectivity index (χ0v) is 14.0. The topological polar surface area (TPSA) is 41.5 Å². The van der Waals surface area contributed by atoms with Crippen molar-refractivity contribution in [3.8, 4) is 5.75 Å². The van der Waals surface area contributed by atoms with Crippen LogP contribution in [-0.4, -0.2) is 23.4 Å². The highest BCUT2D eigenvalue weighted by Crippen LogP contribution is 2.41. The minimum Gasteiger partial charge on any atom is -0.484 e. The van der Waals surface area contributed by atoms with Gasteiger partial charge in [-0.3, -0.25) is 0 Å². The van der Waals surface area contributed by atoms with E-state index in [9.17, 15) is 5.11 Å². The Morgan fingerprint density at radius 2 is 1.83 bits per heavy atom. The first-order valence-corrected chi connectivity index (χ1v) is 8.23. The molecule has 0 saturated heterocycles. The van der Waals surface area contributed by atoms with Gasteiger partial charge in [-0.25, -0.2) is 0 Å². The third-order valence-electron chi connectivity index (χ3n) is 4.59. The van der Waals surface area contributed by atoms with Gasteiger partial charge in [0.2, 0.25) is 0 Å². The van der Waals surface area contributed by atoms with Crippen molar-refractivity contribution in [2.45, 2.75) is 44.9 Å². The summed E-state index contributed by atoms with van der Waals surface area (Å²) in [4.78, 5) is 0. The van der Waals surface area contributed by atoms with Crippen LogP contribution in [0.3, 0.4) is 0 Å². The van der Waals surface area contributed by atoms with Gasteiger partial charge in [0, 0.05) is 5.56 Å². The number of aryl methyl sites for hydroxylation is 1. The van der Waals surface area contributed by atoms with Gasteiger partial charge in [0.25, 0.3) is 0 Å². The maximum atomic E-state index is 10.7. The lowest BCUT2D eigenvalue weighted by Gasteiger charge is -2.43. The molecule has 0 aliphatic carbocycles. The highest BCUT2D eigenvalue weighted by molar-refractivity contribution is 5.45. The van der Waals surface area contributed by atoms with Crippen molar-refractivity contribution in [3.63, 3.8) is 0 Å². The number of para-hydroxylation sites is 1. The fourth-order valence-corrected chi connectivity index (χ4v) is 3.19. The van der Waals surface area contributed by atoms with Gasteiger partial charge in [-0.15, -0.1) is 0 Å². The molecule has 1 heterocycles. The van der Waals surface area contributed by atoms with Gasteiger partial charge >= 0.3 is 0 Å². The zero-order chi connectivity index (χ0) is 16.4. The van der Waals surface area contributed by atoms with Crippen LogP contribution in [0.2, 0.25) is 0 Å². The molecule has 23 heavy (non-hydrogen) atoms. The lowest BCUT2D eigenvalue weighted by atomic mass is 9.85. The molecule has 0 amide bonds. The molecule has 2 unspecified atom stereocenters. The smallest absolute Gasteiger partial charge is 0.131 e. The number of ether oxygens (including phenoxy) is 1. The number of rotatable bonds is 4. The number of benzene rings is 2. The molecular weight excluding hydrogens is 286 g/mol. The summed E-state index contributed by atoms with van der Waals surface area (Å²) in [5, 5.41) is 14.3. The monoisotopic (exact) mass is 311 g/mol. The molecule has 2 aromatic rings. The number of hydrogen-bond acceptors (Lipinski definition) is 3. The summed E-state index contributed by atoms with van der Waals surface area (Å²) in [6.45, 7) is 6.75. The highest BCUT2D eigenvalue weighted by Gasteiger charge is 2.42. The molecule has 3 rings (SSSR count). The number of fused-ring (bicyclic) bond motifs is 1. The van der Waals surface area contributed by atoms with Gasteiger partial charge in [-0.2, -0.15) is 0 Å². The first kappa shape index (κ1) is 16.0. The Morgan fingerprint density at radius 1 is 1.09 bits per heavy atom. The van der Waals surface area contributed by atoms with Crippen LogP contribution in [0.15, 0.2) is 48.5 Å². The average Bonchev–Trinajstić information content (AvgIpc) is 2.53. The van der Waals surface area contributed by atoms with E-state index in [1.807, 2.05) is 45.0 Å². The molecule has 0 bridgehead atoms. The fourth-order valence-electron chi connectivity index (χ4n) is 3.19. The zero-order valence-electron chi connectivity index (χ0n) is 14.0. The SMILES string of the molecule is Cc1cccc2c1OC(C)(C)C(O)C2NCCc1ccccc1. The maximum Gasteiger partial charge on any atom is 0.131 e. The molecule has 122 valence electrons. The van der Waals surface area contributed by atoms with E-state index in [0.29, 0.717) is 0 Å². The normalized spacial score (nSPS) is 22.3. The van der Waals surface area contributed by atoms with Crippen LogP contribution in [0.4, 0.5) is 0 Å². The summed E-state index contributed by atoms with van der Waals surface area (Å²) in [5.74, 6) is 0.903. The molecule has 0 radical (unpaired) electrons. The molecule has 3 nitrogen and oxygen atoms in total. The van der Waals surface area contributed by atoms with Gasteiger partial charge in [0.05, 0.1) is 6.04 Å². The molecule has 3 heteroatoms. The Labute approximate surface area is 138 Å². The number of hydrogen-bond donors (Lipinski definition) is 2. The van der Waals surface area contributed by atoms with E-state index >= 15 is 0 Å². The maximum absolute atomic E-state index is 10.7. The van der Waals surface area contributed by atoms with Crippen molar-refractivity contribution in [1.82, 2.24) is 5.32 Å². The predicted octanol–water partition coefficient (Wildman–Crippen LogP) is 3.40. The molecule has 2 aromatic carbocycles. The lowest BCUT2D eigenvalue weighted by Crippen LogP contribution is -2.53. The molecule has 0 aromatic heterocycles. The van der Waals surface area contributed by atoms with Crippen molar-refractivity contribution in [3.05, 3.63) is 65.2 Å². The minimum absolute atomic E-state index is 0.114. The second-order valence-corrected chi connectivity index (χ2v) is 6.81. The number of aliphatic hydroxyl groups excluding tert-OH is 1. The minimum atomic E-state index is -0.608. The van der Waals surface area contributed by atoms with Crippen LogP contribution in [0.5, 0.6) is 5.75 Å². The van der Waals surface area contributed by atoms with E-state index in [4.69, 9.17) is 4.74 Å². The third kappa shape index (κ3) is 3.26. The van der Waals surface area contributed by atoms with Gasteiger partial charge in [0.1, 0.15) is 17.5 Å². The Kier molecular flexibility index (Phi) is 4.42. The standard InChI is InChI=1S/C20H25NO2/c1-14-8-7-11-16-17(19(22)20(2,3)23-18(14)16)21-13-12-15-9-5-4-6-10-15/h4-11,17,19,21-22H,12-13H2,1-3H3. The van der Waals surface area contributed by atoms with Crippen LogP contribution in [0.1, 0.15) is 36.6 Å². The van der Waals surface area contributed by atoms with E-state index in [1.165, 1.54) is 5.56 Å². The predicted molar refractivity (Wildman–Crippen MR) is 92.8 cm³/mol. The van der Waals surface area contributed by atoms with E-state index in [0.717, 1.165) is 29.8 Å². The van der Waals surface area contributed by atoms with Gasteiger partial charge in [0.15, 0.2) is 0 Å². The van der Waals surface area contributed by atoms with Crippen LogP contribution in [0, 0.1) is 6.92 Å². The summed E-state index contributed by atoms with van der Waals surface area (Å²) in [7, 11) is 0. The molecule has 1 aliphatic rings. The highest BCUT2D eigenvalue weighted by atomic mass is 16.5. The Hall–Kier alpha value is -1.84. The van der Waals surface area contributed by atoms with Crippen molar-refractivity contribution in [2.75, 3.05) is 6.54 Å². The van der Waals surface area contributed by atoms with Gasteiger partial charge < -0.3 is 15.2 Å². The molecular formula is C20H25NO2.